The molecule has 21 heavy (non-hydrogen) atoms. The fraction of sp³-hybridized carbons (Fsp3) is 0.0714. The smallest absolute Gasteiger partial charge is 0.269 e. The molecule has 0 aromatic heterocycles. The van der Waals surface area contributed by atoms with Gasteiger partial charge in [-0.05, 0) is 12.1 Å². The number of hydroxylamine groups is 2. The summed E-state index contributed by atoms with van der Waals surface area (Å²) in [6.45, 7) is 0. The molecule has 1 atom stereocenters. The number of amides is 1. The van der Waals surface area contributed by atoms with Crippen molar-refractivity contribution in [1.29, 1.82) is 0 Å². The number of nitrogens with one attached hydrogen (secondary N) is 1. The molecule has 1 unspecified atom stereocenters. The molecule has 0 aliphatic carbocycles. The Morgan fingerprint density at radius 1 is 1.14 bits per heavy atom. The highest BCUT2D eigenvalue weighted by Crippen LogP contribution is 2.33. The van der Waals surface area contributed by atoms with Gasteiger partial charge in [-0.1, -0.05) is 24.3 Å². The maximum atomic E-state index is 12.1. The van der Waals surface area contributed by atoms with E-state index in [0.717, 1.165) is 0 Å². The van der Waals surface area contributed by atoms with Crippen LogP contribution in [0.5, 0.6) is 0 Å². The van der Waals surface area contributed by atoms with Crippen molar-refractivity contribution in [1.82, 2.24) is 5.06 Å². The Hall–Kier alpha value is -2.93. The van der Waals surface area contributed by atoms with Gasteiger partial charge < -0.3 is 15.6 Å². The van der Waals surface area contributed by atoms with Gasteiger partial charge in [-0.2, -0.15) is 0 Å². The summed E-state index contributed by atoms with van der Waals surface area (Å²) in [7, 11) is 0. The Morgan fingerprint density at radius 3 is 2.67 bits per heavy atom. The molecule has 1 heterocycles. The number of para-hydroxylation sites is 1. The third-order valence-electron chi connectivity index (χ3n) is 3.28. The SMILES string of the molecule is O=C1c2ccccc2NC(c2cccc([N+](=O)[O-])c2)N1[O-]. The minimum absolute atomic E-state index is 0.131. The van der Waals surface area contributed by atoms with Crippen LogP contribution in [0.4, 0.5) is 11.4 Å². The third kappa shape index (κ3) is 2.19. The molecule has 0 saturated heterocycles. The average Bonchev–Trinajstić information content (AvgIpc) is 2.51. The summed E-state index contributed by atoms with van der Waals surface area (Å²) in [5.74, 6) is -0.666. The van der Waals surface area contributed by atoms with Gasteiger partial charge in [0.25, 0.3) is 5.69 Å². The summed E-state index contributed by atoms with van der Waals surface area (Å²) in [5, 5.41) is 26.1. The van der Waals surface area contributed by atoms with E-state index in [9.17, 15) is 20.1 Å². The minimum Gasteiger partial charge on any atom is -0.754 e. The highest BCUT2D eigenvalue weighted by atomic mass is 16.6. The molecular formula is C14H10N3O4-. The number of fused-ring (bicyclic) bond motifs is 1. The zero-order valence-corrected chi connectivity index (χ0v) is 10.7. The van der Waals surface area contributed by atoms with Gasteiger partial charge in [0, 0.05) is 23.4 Å². The van der Waals surface area contributed by atoms with E-state index in [1.165, 1.54) is 18.2 Å². The van der Waals surface area contributed by atoms with E-state index in [1.807, 2.05) is 0 Å². The van der Waals surface area contributed by atoms with Crippen LogP contribution >= 0.6 is 0 Å². The Morgan fingerprint density at radius 2 is 1.90 bits per heavy atom. The predicted molar refractivity (Wildman–Crippen MR) is 75.4 cm³/mol. The molecule has 2 aromatic carbocycles. The maximum absolute atomic E-state index is 12.1. The van der Waals surface area contributed by atoms with Gasteiger partial charge in [0.15, 0.2) is 0 Å². The van der Waals surface area contributed by atoms with Crippen LogP contribution in [0.1, 0.15) is 22.1 Å². The molecule has 0 saturated carbocycles. The first kappa shape index (κ1) is 13.1. The van der Waals surface area contributed by atoms with Crippen molar-refractivity contribution in [3.63, 3.8) is 0 Å². The number of hydrogen-bond acceptors (Lipinski definition) is 5. The second-order valence-corrected chi connectivity index (χ2v) is 4.58. The minimum atomic E-state index is -0.979. The molecular weight excluding hydrogens is 274 g/mol. The summed E-state index contributed by atoms with van der Waals surface area (Å²) in [4.78, 5) is 22.3. The van der Waals surface area contributed by atoms with E-state index in [4.69, 9.17) is 0 Å². The molecule has 7 heteroatoms. The van der Waals surface area contributed by atoms with Gasteiger partial charge in [-0.3, -0.25) is 14.9 Å². The van der Waals surface area contributed by atoms with Crippen LogP contribution in [0.25, 0.3) is 0 Å². The fourth-order valence-electron chi connectivity index (χ4n) is 2.26. The first-order valence-corrected chi connectivity index (χ1v) is 6.18. The molecule has 1 amide bonds. The van der Waals surface area contributed by atoms with Gasteiger partial charge in [-0.15, -0.1) is 0 Å². The molecule has 0 bridgehead atoms. The summed E-state index contributed by atoms with van der Waals surface area (Å²) < 4.78 is 0. The maximum Gasteiger partial charge on any atom is 0.269 e. The molecule has 1 aliphatic heterocycles. The van der Waals surface area contributed by atoms with Crippen LogP contribution in [0.3, 0.4) is 0 Å². The van der Waals surface area contributed by atoms with Crippen molar-refractivity contribution in [2.24, 2.45) is 0 Å². The topological polar surface area (TPSA) is 98.5 Å². The number of hydrogen-bond donors (Lipinski definition) is 1. The van der Waals surface area contributed by atoms with Crippen molar-refractivity contribution in [3.8, 4) is 0 Å². The number of non-ortho nitro benzene ring substituents is 1. The average molecular weight is 284 g/mol. The number of rotatable bonds is 2. The number of nitro groups is 1. The van der Waals surface area contributed by atoms with E-state index in [1.54, 1.807) is 30.3 Å². The van der Waals surface area contributed by atoms with Crippen LogP contribution in [0.15, 0.2) is 48.5 Å². The number of carbonyl (C=O) groups is 1. The highest BCUT2D eigenvalue weighted by molar-refractivity contribution is 6.01. The first-order chi connectivity index (χ1) is 10.1. The quantitative estimate of drug-likeness (QED) is 0.675. The zero-order valence-electron chi connectivity index (χ0n) is 10.7. The largest absolute Gasteiger partial charge is 0.754 e. The van der Waals surface area contributed by atoms with Gasteiger partial charge in [0.2, 0.25) is 5.91 Å². The van der Waals surface area contributed by atoms with Crippen LogP contribution in [0, 0.1) is 15.3 Å². The van der Waals surface area contributed by atoms with Crippen LogP contribution in [-0.4, -0.2) is 15.9 Å². The van der Waals surface area contributed by atoms with Crippen molar-refractivity contribution < 1.29 is 9.72 Å². The number of carbonyl (C=O) groups excluding carboxylic acids is 1. The van der Waals surface area contributed by atoms with Gasteiger partial charge in [0.05, 0.1) is 10.5 Å². The Labute approximate surface area is 119 Å². The van der Waals surface area contributed by atoms with Gasteiger partial charge in [-0.25, -0.2) is 0 Å². The van der Waals surface area contributed by atoms with Crippen molar-refractivity contribution in [2.75, 3.05) is 5.32 Å². The molecule has 0 fully saturated rings. The van der Waals surface area contributed by atoms with Gasteiger partial charge >= 0.3 is 0 Å². The van der Waals surface area contributed by atoms with Crippen molar-refractivity contribution in [2.45, 2.75) is 6.17 Å². The fourth-order valence-corrected chi connectivity index (χ4v) is 2.26. The molecule has 0 spiro atoms. The molecule has 0 radical (unpaired) electrons. The lowest BCUT2D eigenvalue weighted by Gasteiger charge is -2.42. The Balaban J connectivity index is 2.02. The Kier molecular flexibility index (Phi) is 3.03. The van der Waals surface area contributed by atoms with Crippen LogP contribution < -0.4 is 5.32 Å². The number of anilines is 1. The second-order valence-electron chi connectivity index (χ2n) is 4.58. The van der Waals surface area contributed by atoms with E-state index >= 15 is 0 Å². The monoisotopic (exact) mass is 284 g/mol. The predicted octanol–water partition coefficient (Wildman–Crippen LogP) is 2.66. The van der Waals surface area contributed by atoms with E-state index in [2.05, 4.69) is 5.32 Å². The third-order valence-corrected chi connectivity index (χ3v) is 3.28. The molecule has 1 aliphatic rings. The molecule has 106 valence electrons. The van der Waals surface area contributed by atoms with Crippen molar-refractivity contribution >= 4 is 17.3 Å². The summed E-state index contributed by atoms with van der Waals surface area (Å²) in [6, 6.07) is 12.3. The zero-order chi connectivity index (χ0) is 15.0. The normalized spacial score (nSPS) is 17.1. The summed E-state index contributed by atoms with van der Waals surface area (Å²) in [6.07, 6.45) is -0.979. The van der Waals surface area contributed by atoms with E-state index in [0.29, 0.717) is 16.3 Å². The lowest BCUT2D eigenvalue weighted by molar-refractivity contribution is -0.384. The molecule has 2 aromatic rings. The van der Waals surface area contributed by atoms with E-state index in [-0.39, 0.29) is 11.3 Å². The first-order valence-electron chi connectivity index (χ1n) is 6.18. The summed E-state index contributed by atoms with van der Waals surface area (Å²) in [5.41, 5.74) is 1.05. The second kappa shape index (κ2) is 4.88. The lowest BCUT2D eigenvalue weighted by Crippen LogP contribution is -2.38. The Bertz CT molecular complexity index is 732. The number of benzene rings is 2. The number of nitrogens with zero attached hydrogens (tertiary/aromatic N) is 2. The molecule has 1 N–H and O–H groups in total. The van der Waals surface area contributed by atoms with Crippen LogP contribution in [0.2, 0.25) is 0 Å². The van der Waals surface area contributed by atoms with Gasteiger partial charge in [0.1, 0.15) is 6.17 Å². The standard InChI is InChI=1S/C14H10N3O4/c18-14-11-6-1-2-7-12(11)15-13(16(14)19)9-4-3-5-10(8-9)17(20)21/h1-8,13,15H/q-1. The highest BCUT2D eigenvalue weighted by Gasteiger charge is 2.27. The molecule has 7 nitrogen and oxygen atoms in total. The van der Waals surface area contributed by atoms with Crippen molar-refractivity contribution in [3.05, 3.63) is 75.0 Å². The molecule has 3 rings (SSSR count). The number of nitro benzene ring substituents is 1. The van der Waals surface area contributed by atoms with E-state index < -0.39 is 17.0 Å². The summed E-state index contributed by atoms with van der Waals surface area (Å²) >= 11 is 0. The van der Waals surface area contributed by atoms with Crippen LogP contribution in [-0.2, 0) is 0 Å². The lowest BCUT2D eigenvalue weighted by atomic mass is 10.0.